The Balaban J connectivity index is 1.32. The topological polar surface area (TPSA) is 160 Å². The van der Waals surface area contributed by atoms with E-state index in [-0.39, 0.29) is 29.6 Å². The molecule has 1 fully saturated rings. The number of H-pyrrole nitrogens is 1. The van der Waals surface area contributed by atoms with Crippen LogP contribution in [0.2, 0.25) is 0 Å². The average Bonchev–Trinajstić information content (AvgIpc) is 3.63. The Morgan fingerprint density at radius 1 is 1.19 bits per heavy atom. The molecule has 15 heteroatoms. The number of carbonyl (C=O) groups excluding carboxylic acids is 1. The molecular weight excluding hydrogens is 574 g/mol. The van der Waals surface area contributed by atoms with Crippen LogP contribution in [0.25, 0.3) is 11.0 Å². The van der Waals surface area contributed by atoms with Crippen LogP contribution in [0, 0.1) is 10.1 Å². The standard InChI is InChI=1S/C27H26F2N6O6S/c28-13-19(14-29)34-10-8-18(16-34)32-23-6-5-21(12-24(23)35(37)38)42(39,40)33-27(36)22-3-1-2-4-25(22)41-20-11-17-7-9-30-26(17)31-15-20/h1-7,9,11-12,15,18-19,32H,8,10,13-14,16H2,(H,30,31)(H,33,36)/t18-/m1/s1. The van der Waals surface area contributed by atoms with E-state index in [4.69, 9.17) is 4.74 Å². The zero-order valence-corrected chi connectivity index (χ0v) is 22.8. The van der Waals surface area contributed by atoms with Gasteiger partial charge < -0.3 is 15.0 Å². The van der Waals surface area contributed by atoms with Gasteiger partial charge in [-0.2, -0.15) is 0 Å². The normalized spacial score (nSPS) is 15.6. The lowest BCUT2D eigenvalue weighted by Gasteiger charge is -2.23. The highest BCUT2D eigenvalue weighted by Crippen LogP contribution is 2.31. The number of amides is 1. The average molecular weight is 601 g/mol. The van der Waals surface area contributed by atoms with Gasteiger partial charge in [0.1, 0.15) is 36.2 Å². The Kier molecular flexibility index (Phi) is 8.31. The van der Waals surface area contributed by atoms with Crippen LogP contribution in [0.1, 0.15) is 16.8 Å². The molecular formula is C27H26F2N6O6S. The van der Waals surface area contributed by atoms with Gasteiger partial charge in [0.25, 0.3) is 21.6 Å². The van der Waals surface area contributed by atoms with Crippen LogP contribution >= 0.6 is 0 Å². The number of rotatable bonds is 11. The van der Waals surface area contributed by atoms with E-state index >= 15 is 0 Å². The highest BCUT2D eigenvalue weighted by molar-refractivity contribution is 7.90. The van der Waals surface area contributed by atoms with E-state index < -0.39 is 50.8 Å². The number of aromatic amines is 1. The van der Waals surface area contributed by atoms with Crippen molar-refractivity contribution in [3.8, 4) is 11.5 Å². The maximum atomic E-state index is 13.1. The van der Waals surface area contributed by atoms with Crippen LogP contribution in [0.3, 0.4) is 0 Å². The summed E-state index contributed by atoms with van der Waals surface area (Å²) >= 11 is 0. The molecule has 220 valence electrons. The van der Waals surface area contributed by atoms with Crippen molar-refractivity contribution < 1.29 is 31.7 Å². The number of sulfonamides is 1. The van der Waals surface area contributed by atoms with E-state index in [0.717, 1.165) is 17.5 Å². The first-order valence-corrected chi connectivity index (χ1v) is 14.3. The fourth-order valence-electron chi connectivity index (χ4n) is 4.73. The molecule has 4 aromatic rings. The molecule has 0 spiro atoms. The second kappa shape index (κ2) is 12.1. The Labute approximate surface area is 238 Å². The highest BCUT2D eigenvalue weighted by Gasteiger charge is 2.31. The number of nitro groups is 1. The summed E-state index contributed by atoms with van der Waals surface area (Å²) in [6.45, 7) is -1.02. The third-order valence-electron chi connectivity index (χ3n) is 6.89. The van der Waals surface area contributed by atoms with E-state index in [1.54, 1.807) is 29.3 Å². The maximum Gasteiger partial charge on any atom is 0.293 e. The molecule has 1 aliphatic heterocycles. The smallest absolute Gasteiger partial charge is 0.293 e. The van der Waals surface area contributed by atoms with Crippen molar-refractivity contribution >= 4 is 38.3 Å². The molecule has 3 N–H and O–H groups in total. The van der Waals surface area contributed by atoms with Crippen molar-refractivity contribution in [1.29, 1.82) is 0 Å². The highest BCUT2D eigenvalue weighted by atomic mass is 32.2. The predicted molar refractivity (Wildman–Crippen MR) is 150 cm³/mol. The number of para-hydroxylation sites is 1. The molecule has 0 unspecified atom stereocenters. The summed E-state index contributed by atoms with van der Waals surface area (Å²) < 4.78 is 60.1. The van der Waals surface area contributed by atoms with Crippen LogP contribution in [0.15, 0.2) is 71.9 Å². The molecule has 0 saturated carbocycles. The third-order valence-corrected chi connectivity index (χ3v) is 8.22. The number of hydrogen-bond donors (Lipinski definition) is 3. The van der Waals surface area contributed by atoms with Crippen LogP contribution in [-0.2, 0) is 10.0 Å². The minimum atomic E-state index is -4.54. The number of pyridine rings is 1. The minimum Gasteiger partial charge on any atom is -0.455 e. The molecule has 1 aliphatic rings. The second-order valence-corrected chi connectivity index (χ2v) is 11.3. The van der Waals surface area contributed by atoms with Crippen molar-refractivity contribution in [2.24, 2.45) is 0 Å². The zero-order valence-electron chi connectivity index (χ0n) is 22.0. The Morgan fingerprint density at radius 3 is 2.74 bits per heavy atom. The molecule has 12 nitrogen and oxygen atoms in total. The number of alkyl halides is 2. The first kappa shape index (κ1) is 28.9. The van der Waals surface area contributed by atoms with Gasteiger partial charge in [0, 0.05) is 36.8 Å². The van der Waals surface area contributed by atoms with Gasteiger partial charge in [-0.1, -0.05) is 12.1 Å². The number of fused-ring (bicyclic) bond motifs is 1. The summed E-state index contributed by atoms with van der Waals surface area (Å²) in [5, 5.41) is 15.6. The van der Waals surface area contributed by atoms with Crippen molar-refractivity contribution in [3.05, 3.63) is 82.7 Å². The number of halogens is 2. The molecule has 3 heterocycles. The van der Waals surface area contributed by atoms with Gasteiger partial charge in [-0.15, -0.1) is 0 Å². The number of benzene rings is 2. The molecule has 1 saturated heterocycles. The minimum absolute atomic E-state index is 0.0425. The summed E-state index contributed by atoms with van der Waals surface area (Å²) in [5.41, 5.74) is 0.0597. The summed E-state index contributed by atoms with van der Waals surface area (Å²) in [6, 6.07) is 11.5. The van der Waals surface area contributed by atoms with Crippen LogP contribution in [0.4, 0.5) is 20.2 Å². The third kappa shape index (κ3) is 6.16. The van der Waals surface area contributed by atoms with E-state index in [2.05, 4.69) is 15.3 Å². The Morgan fingerprint density at radius 2 is 1.98 bits per heavy atom. The van der Waals surface area contributed by atoms with Crippen LogP contribution in [-0.4, -0.2) is 72.6 Å². The fraction of sp³-hybridized carbons (Fsp3) is 0.259. The van der Waals surface area contributed by atoms with Gasteiger partial charge in [0.2, 0.25) is 0 Å². The van der Waals surface area contributed by atoms with Gasteiger partial charge in [-0.05, 0) is 42.8 Å². The number of carbonyl (C=O) groups is 1. The first-order valence-electron chi connectivity index (χ1n) is 12.9. The number of likely N-dealkylation sites (tertiary alicyclic amines) is 1. The number of nitrogens with zero attached hydrogens (tertiary/aromatic N) is 3. The molecule has 0 radical (unpaired) electrons. The van der Waals surface area contributed by atoms with Gasteiger partial charge in [0.15, 0.2) is 0 Å². The summed E-state index contributed by atoms with van der Waals surface area (Å²) in [5.74, 6) is -0.618. The summed E-state index contributed by atoms with van der Waals surface area (Å²) in [4.78, 5) is 32.4. The van der Waals surface area contributed by atoms with E-state index in [1.165, 1.54) is 30.5 Å². The van der Waals surface area contributed by atoms with Crippen molar-refractivity contribution in [2.45, 2.75) is 23.4 Å². The number of nitro benzene ring substituents is 1. The van der Waals surface area contributed by atoms with Gasteiger partial charge in [-0.3, -0.25) is 19.8 Å². The monoisotopic (exact) mass is 600 g/mol. The quantitative estimate of drug-likeness (QED) is 0.170. The lowest BCUT2D eigenvalue weighted by Crippen LogP contribution is -2.38. The number of hydrogen-bond acceptors (Lipinski definition) is 9. The molecule has 0 aliphatic carbocycles. The number of ether oxygens (including phenoxy) is 1. The van der Waals surface area contributed by atoms with E-state index in [9.17, 15) is 32.1 Å². The Bertz CT molecular complexity index is 1730. The molecule has 0 bridgehead atoms. The molecule has 1 amide bonds. The van der Waals surface area contributed by atoms with E-state index in [1.807, 2.05) is 4.72 Å². The first-order chi connectivity index (χ1) is 20.2. The van der Waals surface area contributed by atoms with E-state index in [0.29, 0.717) is 24.4 Å². The summed E-state index contributed by atoms with van der Waals surface area (Å²) in [7, 11) is -4.54. The summed E-state index contributed by atoms with van der Waals surface area (Å²) in [6.07, 6.45) is 3.64. The van der Waals surface area contributed by atoms with Crippen molar-refractivity contribution in [1.82, 2.24) is 19.6 Å². The maximum absolute atomic E-state index is 13.1. The SMILES string of the molecule is O=C(NS(=O)(=O)c1ccc(N[C@@H]2CCN(C(CF)CF)C2)c([N+](=O)[O-])c1)c1ccccc1Oc1cnc2[nH]ccc2c1. The lowest BCUT2D eigenvalue weighted by molar-refractivity contribution is -0.384. The van der Waals surface area contributed by atoms with Gasteiger partial charge in [0.05, 0.1) is 27.6 Å². The lowest BCUT2D eigenvalue weighted by atomic mass is 10.2. The zero-order chi connectivity index (χ0) is 29.9. The molecule has 5 rings (SSSR count). The van der Waals surface area contributed by atoms with Gasteiger partial charge >= 0.3 is 0 Å². The van der Waals surface area contributed by atoms with Crippen molar-refractivity contribution in [2.75, 3.05) is 31.8 Å². The number of aromatic nitrogens is 2. The number of anilines is 1. The van der Waals surface area contributed by atoms with Crippen LogP contribution in [0.5, 0.6) is 11.5 Å². The van der Waals surface area contributed by atoms with Gasteiger partial charge in [-0.25, -0.2) is 26.9 Å². The molecule has 42 heavy (non-hydrogen) atoms. The molecule has 2 aromatic carbocycles. The molecule has 1 atom stereocenters. The largest absolute Gasteiger partial charge is 0.455 e. The second-order valence-electron chi connectivity index (χ2n) is 9.64. The number of nitrogens with one attached hydrogen (secondary N) is 3. The fourth-order valence-corrected chi connectivity index (χ4v) is 5.71. The predicted octanol–water partition coefficient (Wildman–Crippen LogP) is 4.18. The Hall–Kier alpha value is -4.63. The van der Waals surface area contributed by atoms with Crippen molar-refractivity contribution in [3.63, 3.8) is 0 Å². The molecule has 2 aromatic heterocycles. The van der Waals surface area contributed by atoms with Crippen LogP contribution < -0.4 is 14.8 Å².